The molecule has 1 fully saturated rings. The summed E-state index contributed by atoms with van der Waals surface area (Å²) in [5.74, 6) is -5.92. The molecule has 4 atom stereocenters. The van der Waals surface area contributed by atoms with Gasteiger partial charge in [0.15, 0.2) is 0 Å². The van der Waals surface area contributed by atoms with Crippen LogP contribution in [-0.2, 0) is 28.5 Å². The van der Waals surface area contributed by atoms with Crippen LogP contribution in [0.5, 0.6) is 0 Å². The molecule has 0 aromatic rings. The minimum absolute atomic E-state index is 0.0430. The predicted octanol–water partition coefficient (Wildman–Crippen LogP) is -0.0660. The molecule has 1 aliphatic heterocycles. The van der Waals surface area contributed by atoms with Gasteiger partial charge in [-0.15, -0.1) is 0 Å². The molecule has 1 spiro atoms. The number of carbonyl (C=O) groups is 2. The third kappa shape index (κ3) is 1.94. The van der Waals surface area contributed by atoms with Crippen LogP contribution in [0.15, 0.2) is 24.3 Å². The topological polar surface area (TPSA) is 112 Å². The Hall–Kier alpha value is -1.74. The summed E-state index contributed by atoms with van der Waals surface area (Å²) in [7, 11) is 2.27. The second-order valence-corrected chi connectivity index (χ2v) is 6.11. The van der Waals surface area contributed by atoms with Gasteiger partial charge in [0, 0.05) is 12.8 Å². The first-order valence-corrected chi connectivity index (χ1v) is 7.66. The average Bonchev–Trinajstić information content (AvgIpc) is 2.86. The Balaban J connectivity index is 2.14. The molecule has 0 aromatic heterocycles. The quantitative estimate of drug-likeness (QED) is 0.531. The standard InChI is InChI=1S/C16H20O8/c1-21-11(17)13(19)7-3-6-10-16(13)23-14(12(18)22-2)8-4-5-9-15(14,20)24-16/h3-4,7-8,19-20H,5-6,9-10H2,1-2H3/t13-,14-,15-,16-/m0/s1. The molecule has 0 saturated carbocycles. The Morgan fingerprint density at radius 3 is 2.25 bits per heavy atom. The fourth-order valence-electron chi connectivity index (χ4n) is 3.54. The molecule has 0 unspecified atom stereocenters. The van der Waals surface area contributed by atoms with Crippen molar-refractivity contribution in [1.29, 1.82) is 0 Å². The van der Waals surface area contributed by atoms with Crippen molar-refractivity contribution in [2.75, 3.05) is 14.2 Å². The molecule has 0 bridgehead atoms. The van der Waals surface area contributed by atoms with Crippen LogP contribution in [0, 0.1) is 0 Å². The molecular formula is C16H20O8. The highest BCUT2D eigenvalue weighted by atomic mass is 16.8. The van der Waals surface area contributed by atoms with Crippen molar-refractivity contribution in [3.8, 4) is 0 Å². The fourth-order valence-corrected chi connectivity index (χ4v) is 3.54. The molecule has 8 heteroatoms. The first kappa shape index (κ1) is 17.1. The molecule has 3 aliphatic rings. The fraction of sp³-hybridized carbons (Fsp3) is 0.625. The summed E-state index contributed by atoms with van der Waals surface area (Å²) >= 11 is 0. The molecule has 24 heavy (non-hydrogen) atoms. The van der Waals surface area contributed by atoms with Crippen molar-refractivity contribution >= 4 is 11.9 Å². The first-order valence-electron chi connectivity index (χ1n) is 7.66. The second-order valence-electron chi connectivity index (χ2n) is 6.11. The normalized spacial score (nSPS) is 43.5. The van der Waals surface area contributed by atoms with Gasteiger partial charge in [0.2, 0.25) is 22.8 Å². The molecule has 3 rings (SSSR count). The number of carbonyl (C=O) groups excluding carboxylic acids is 2. The number of aliphatic hydroxyl groups is 2. The lowest BCUT2D eigenvalue weighted by molar-refractivity contribution is -0.303. The van der Waals surface area contributed by atoms with Crippen molar-refractivity contribution in [2.45, 2.75) is 48.5 Å². The monoisotopic (exact) mass is 340 g/mol. The minimum atomic E-state index is -2.30. The van der Waals surface area contributed by atoms with Crippen LogP contribution in [0.25, 0.3) is 0 Å². The first-order chi connectivity index (χ1) is 11.3. The number of methoxy groups -OCH3 is 2. The molecule has 0 aromatic carbocycles. The van der Waals surface area contributed by atoms with Crippen molar-refractivity contribution in [1.82, 2.24) is 0 Å². The third-order valence-corrected chi connectivity index (χ3v) is 4.81. The van der Waals surface area contributed by atoms with Gasteiger partial charge in [-0.1, -0.05) is 12.2 Å². The number of esters is 2. The Morgan fingerprint density at radius 2 is 1.58 bits per heavy atom. The van der Waals surface area contributed by atoms with E-state index in [9.17, 15) is 19.8 Å². The Kier molecular flexibility index (Phi) is 3.83. The lowest BCUT2D eigenvalue weighted by atomic mass is 9.84. The zero-order valence-corrected chi connectivity index (χ0v) is 13.5. The molecule has 0 amide bonds. The summed E-state index contributed by atoms with van der Waals surface area (Å²) in [5, 5.41) is 21.9. The summed E-state index contributed by atoms with van der Waals surface area (Å²) in [5.41, 5.74) is -4.27. The zero-order chi connectivity index (χ0) is 17.6. The van der Waals surface area contributed by atoms with E-state index in [1.807, 2.05) is 0 Å². The number of allylic oxidation sites excluding steroid dienone is 2. The summed E-state index contributed by atoms with van der Waals surface area (Å²) < 4.78 is 21.0. The lowest BCUT2D eigenvalue weighted by Crippen LogP contribution is -2.61. The van der Waals surface area contributed by atoms with Gasteiger partial charge in [0.05, 0.1) is 14.2 Å². The molecule has 8 nitrogen and oxygen atoms in total. The van der Waals surface area contributed by atoms with E-state index >= 15 is 0 Å². The van der Waals surface area contributed by atoms with Crippen LogP contribution < -0.4 is 0 Å². The van der Waals surface area contributed by atoms with E-state index in [4.69, 9.17) is 14.2 Å². The van der Waals surface area contributed by atoms with Crippen molar-refractivity contribution < 1.29 is 38.7 Å². The summed E-state index contributed by atoms with van der Waals surface area (Å²) in [6, 6.07) is 0. The lowest BCUT2D eigenvalue weighted by Gasteiger charge is -2.41. The maximum absolute atomic E-state index is 12.4. The van der Waals surface area contributed by atoms with E-state index < -0.39 is 34.7 Å². The van der Waals surface area contributed by atoms with Gasteiger partial charge in [0.25, 0.3) is 0 Å². The molecular weight excluding hydrogens is 320 g/mol. The third-order valence-electron chi connectivity index (χ3n) is 4.81. The summed E-state index contributed by atoms with van der Waals surface area (Å²) in [6.07, 6.45) is 6.73. The van der Waals surface area contributed by atoms with Crippen molar-refractivity contribution in [3.63, 3.8) is 0 Å². The van der Waals surface area contributed by atoms with Gasteiger partial charge in [-0.2, -0.15) is 0 Å². The van der Waals surface area contributed by atoms with Gasteiger partial charge in [0.1, 0.15) is 0 Å². The van der Waals surface area contributed by atoms with E-state index in [-0.39, 0.29) is 12.8 Å². The van der Waals surface area contributed by atoms with Gasteiger partial charge in [-0.25, -0.2) is 9.59 Å². The number of hydrogen-bond acceptors (Lipinski definition) is 8. The average molecular weight is 340 g/mol. The summed E-state index contributed by atoms with van der Waals surface area (Å²) in [6.45, 7) is 0. The maximum atomic E-state index is 12.4. The van der Waals surface area contributed by atoms with Gasteiger partial charge in [-0.05, 0) is 25.0 Å². The highest BCUT2D eigenvalue weighted by Crippen LogP contribution is 2.55. The highest BCUT2D eigenvalue weighted by molar-refractivity contribution is 5.86. The Morgan fingerprint density at radius 1 is 0.958 bits per heavy atom. The second kappa shape index (κ2) is 5.38. The van der Waals surface area contributed by atoms with E-state index in [1.54, 1.807) is 12.2 Å². The van der Waals surface area contributed by atoms with E-state index in [0.29, 0.717) is 12.8 Å². The number of ether oxygens (including phenoxy) is 4. The molecule has 1 saturated heterocycles. The van der Waals surface area contributed by atoms with E-state index in [0.717, 1.165) is 14.2 Å². The van der Waals surface area contributed by atoms with Gasteiger partial charge in [-0.3, -0.25) is 0 Å². The van der Waals surface area contributed by atoms with Gasteiger partial charge < -0.3 is 29.2 Å². The molecule has 2 N–H and O–H groups in total. The van der Waals surface area contributed by atoms with Crippen LogP contribution >= 0.6 is 0 Å². The van der Waals surface area contributed by atoms with E-state index in [2.05, 4.69) is 4.74 Å². The van der Waals surface area contributed by atoms with Crippen LogP contribution in [-0.4, -0.2) is 59.1 Å². The van der Waals surface area contributed by atoms with Gasteiger partial charge >= 0.3 is 11.9 Å². The van der Waals surface area contributed by atoms with Crippen LogP contribution in [0.2, 0.25) is 0 Å². The largest absolute Gasteiger partial charge is 0.466 e. The molecule has 1 heterocycles. The van der Waals surface area contributed by atoms with Crippen LogP contribution in [0.1, 0.15) is 25.7 Å². The Bertz CT molecular complexity index is 628. The summed E-state index contributed by atoms with van der Waals surface area (Å²) in [4.78, 5) is 24.6. The number of hydrogen-bond donors (Lipinski definition) is 2. The number of fused-ring (bicyclic) bond motifs is 1. The molecule has 2 aliphatic carbocycles. The molecule has 132 valence electrons. The zero-order valence-electron chi connectivity index (χ0n) is 13.5. The highest BCUT2D eigenvalue weighted by Gasteiger charge is 2.76. The molecule has 0 radical (unpaired) electrons. The Labute approximate surface area is 138 Å². The van der Waals surface area contributed by atoms with E-state index in [1.165, 1.54) is 12.2 Å². The SMILES string of the molecule is COC(=O)[C@@]12C=CCC[C@]1(O)O[C@]1(CCC=C[C@]1(O)C(=O)OC)O2. The minimum Gasteiger partial charge on any atom is -0.466 e. The maximum Gasteiger partial charge on any atom is 0.348 e. The van der Waals surface area contributed by atoms with Crippen molar-refractivity contribution in [3.05, 3.63) is 24.3 Å². The predicted molar refractivity (Wildman–Crippen MR) is 78.3 cm³/mol. The number of rotatable bonds is 2. The van der Waals surface area contributed by atoms with Crippen LogP contribution in [0.4, 0.5) is 0 Å². The smallest absolute Gasteiger partial charge is 0.348 e. The van der Waals surface area contributed by atoms with Crippen molar-refractivity contribution in [2.24, 2.45) is 0 Å². The van der Waals surface area contributed by atoms with Crippen LogP contribution in [0.3, 0.4) is 0 Å².